The minimum Gasteiger partial charge on any atom is -0.342 e. The minimum absolute atomic E-state index is 0.137. The fourth-order valence-corrected chi connectivity index (χ4v) is 2.66. The SMILES string of the molecule is Cc1c(Cl)cccc1NC(=O)CNC(=O)C[NH+](C)Cc1ccccc1F. The van der Waals surface area contributed by atoms with Crippen LogP contribution < -0.4 is 15.5 Å². The molecule has 0 bridgehead atoms. The molecule has 2 aromatic rings. The largest absolute Gasteiger partial charge is 0.342 e. The Morgan fingerprint density at radius 3 is 2.58 bits per heavy atom. The highest BCUT2D eigenvalue weighted by atomic mass is 35.5. The molecule has 0 spiro atoms. The number of carbonyl (C=O) groups is 2. The van der Waals surface area contributed by atoms with Crippen LogP contribution in [-0.4, -0.2) is 32.0 Å². The highest BCUT2D eigenvalue weighted by Gasteiger charge is 2.14. The molecule has 0 saturated heterocycles. The molecular formula is C19H22ClFN3O2+. The lowest BCUT2D eigenvalue weighted by Gasteiger charge is -2.14. The van der Waals surface area contributed by atoms with Crippen LogP contribution in [0.1, 0.15) is 11.1 Å². The zero-order valence-electron chi connectivity index (χ0n) is 14.7. The molecule has 3 N–H and O–H groups in total. The number of carbonyl (C=O) groups excluding carboxylic acids is 2. The quantitative estimate of drug-likeness (QED) is 0.684. The lowest BCUT2D eigenvalue weighted by atomic mass is 10.2. The van der Waals surface area contributed by atoms with Crippen LogP contribution in [0.4, 0.5) is 10.1 Å². The van der Waals surface area contributed by atoms with E-state index in [1.807, 2.05) is 0 Å². The second-order valence-corrected chi connectivity index (χ2v) is 6.55. The maximum absolute atomic E-state index is 13.6. The highest BCUT2D eigenvalue weighted by Crippen LogP contribution is 2.22. The van der Waals surface area contributed by atoms with E-state index < -0.39 is 0 Å². The predicted octanol–water partition coefficient (Wildman–Crippen LogP) is 1.56. The minimum atomic E-state index is -0.338. The third-order valence-corrected chi connectivity index (χ3v) is 4.31. The van der Waals surface area contributed by atoms with E-state index in [2.05, 4.69) is 10.6 Å². The second kappa shape index (κ2) is 9.31. The van der Waals surface area contributed by atoms with E-state index in [9.17, 15) is 14.0 Å². The smallest absolute Gasteiger partial charge is 0.275 e. The molecule has 5 nitrogen and oxygen atoms in total. The van der Waals surface area contributed by atoms with Crippen molar-refractivity contribution < 1.29 is 18.9 Å². The van der Waals surface area contributed by atoms with Gasteiger partial charge < -0.3 is 15.5 Å². The second-order valence-electron chi connectivity index (χ2n) is 6.14. The lowest BCUT2D eigenvalue weighted by Crippen LogP contribution is -3.09. The molecule has 0 aromatic heterocycles. The van der Waals surface area contributed by atoms with E-state index in [0.29, 0.717) is 22.8 Å². The number of likely N-dealkylation sites (N-methyl/N-ethyl adjacent to an activating group) is 1. The van der Waals surface area contributed by atoms with Crippen molar-refractivity contribution in [3.63, 3.8) is 0 Å². The normalized spacial score (nSPS) is 11.7. The van der Waals surface area contributed by atoms with Crippen molar-refractivity contribution in [2.45, 2.75) is 13.5 Å². The van der Waals surface area contributed by atoms with Gasteiger partial charge in [0.05, 0.1) is 13.6 Å². The summed E-state index contributed by atoms with van der Waals surface area (Å²) in [6.07, 6.45) is 0. The number of halogens is 2. The first kappa shape index (κ1) is 19.9. The molecule has 1 unspecified atom stereocenters. The van der Waals surface area contributed by atoms with Crippen molar-refractivity contribution in [1.29, 1.82) is 0 Å². The summed E-state index contributed by atoms with van der Waals surface area (Å²) in [6.45, 7) is 2.18. The molecule has 2 aromatic carbocycles. The number of amides is 2. The highest BCUT2D eigenvalue weighted by molar-refractivity contribution is 6.31. The Bertz CT molecular complexity index is 798. The number of nitrogens with one attached hydrogen (secondary N) is 3. The molecular weight excluding hydrogens is 357 g/mol. The molecule has 138 valence electrons. The van der Waals surface area contributed by atoms with Crippen LogP contribution in [0, 0.1) is 12.7 Å². The van der Waals surface area contributed by atoms with Crippen LogP contribution in [0.3, 0.4) is 0 Å². The van der Waals surface area contributed by atoms with Crippen molar-refractivity contribution in [3.05, 3.63) is 64.4 Å². The number of anilines is 1. The Kier molecular flexibility index (Phi) is 7.12. The summed E-state index contributed by atoms with van der Waals surface area (Å²) in [7, 11) is 1.79. The molecule has 0 aliphatic carbocycles. The van der Waals surface area contributed by atoms with E-state index in [-0.39, 0.29) is 30.7 Å². The monoisotopic (exact) mass is 378 g/mol. The van der Waals surface area contributed by atoms with Crippen LogP contribution in [0.5, 0.6) is 0 Å². The van der Waals surface area contributed by atoms with Gasteiger partial charge in [0.1, 0.15) is 12.4 Å². The van der Waals surface area contributed by atoms with E-state index in [1.165, 1.54) is 6.07 Å². The topological polar surface area (TPSA) is 62.6 Å². The average molecular weight is 379 g/mol. The Hall–Kier alpha value is -2.44. The van der Waals surface area contributed by atoms with Gasteiger partial charge >= 0.3 is 0 Å². The molecule has 0 fully saturated rings. The van der Waals surface area contributed by atoms with Crippen LogP contribution in [0.2, 0.25) is 5.02 Å². The van der Waals surface area contributed by atoms with Gasteiger partial charge in [0.15, 0.2) is 6.54 Å². The Balaban J connectivity index is 1.78. The van der Waals surface area contributed by atoms with Crippen molar-refractivity contribution in [1.82, 2.24) is 5.32 Å². The average Bonchev–Trinajstić information content (AvgIpc) is 2.59. The maximum atomic E-state index is 13.6. The third-order valence-electron chi connectivity index (χ3n) is 3.90. The first-order valence-electron chi connectivity index (χ1n) is 8.23. The van der Waals surface area contributed by atoms with Crippen molar-refractivity contribution in [2.24, 2.45) is 0 Å². The van der Waals surface area contributed by atoms with Gasteiger partial charge in [-0.15, -0.1) is 0 Å². The zero-order valence-corrected chi connectivity index (χ0v) is 15.5. The summed E-state index contributed by atoms with van der Waals surface area (Å²) in [4.78, 5) is 24.8. The summed E-state index contributed by atoms with van der Waals surface area (Å²) in [5.74, 6) is -0.907. The fraction of sp³-hybridized carbons (Fsp3) is 0.263. The van der Waals surface area contributed by atoms with Gasteiger partial charge in [-0.1, -0.05) is 35.9 Å². The number of rotatable bonds is 7. The number of benzene rings is 2. The van der Waals surface area contributed by atoms with Gasteiger partial charge in [-0.2, -0.15) is 0 Å². The molecule has 0 aliphatic rings. The molecule has 0 aliphatic heterocycles. The summed E-state index contributed by atoms with van der Waals surface area (Å²) < 4.78 is 13.6. The van der Waals surface area contributed by atoms with Gasteiger partial charge in [0, 0.05) is 16.3 Å². The molecule has 26 heavy (non-hydrogen) atoms. The van der Waals surface area contributed by atoms with Crippen LogP contribution in [-0.2, 0) is 16.1 Å². The molecule has 2 amide bonds. The predicted molar refractivity (Wildman–Crippen MR) is 99.7 cm³/mol. The number of hydrogen-bond donors (Lipinski definition) is 3. The Morgan fingerprint density at radius 2 is 1.85 bits per heavy atom. The number of hydrogen-bond acceptors (Lipinski definition) is 2. The van der Waals surface area contributed by atoms with E-state index in [4.69, 9.17) is 11.6 Å². The van der Waals surface area contributed by atoms with Gasteiger partial charge in [0.25, 0.3) is 5.91 Å². The summed E-state index contributed by atoms with van der Waals surface area (Å²) in [5, 5.41) is 5.84. The first-order chi connectivity index (χ1) is 12.4. The maximum Gasteiger partial charge on any atom is 0.275 e. The van der Waals surface area contributed by atoms with E-state index >= 15 is 0 Å². The first-order valence-corrected chi connectivity index (χ1v) is 8.61. The van der Waals surface area contributed by atoms with Crippen molar-refractivity contribution >= 4 is 29.1 Å². The third kappa shape index (κ3) is 5.82. The van der Waals surface area contributed by atoms with Crippen molar-refractivity contribution in [3.8, 4) is 0 Å². The zero-order chi connectivity index (χ0) is 19.1. The van der Waals surface area contributed by atoms with Crippen LogP contribution >= 0.6 is 11.6 Å². The summed E-state index contributed by atoms with van der Waals surface area (Å²) in [5.41, 5.74) is 1.92. The molecule has 0 radical (unpaired) electrons. The molecule has 1 atom stereocenters. The van der Waals surface area contributed by atoms with Crippen molar-refractivity contribution in [2.75, 3.05) is 25.5 Å². The van der Waals surface area contributed by atoms with Gasteiger partial charge in [0.2, 0.25) is 5.91 Å². The molecule has 2 rings (SSSR count). The fourth-order valence-electron chi connectivity index (χ4n) is 2.48. The van der Waals surface area contributed by atoms with E-state index in [0.717, 1.165) is 10.5 Å². The molecule has 0 saturated carbocycles. The standard InChI is InChI=1S/C19H21ClFN3O2/c1-13-15(20)7-5-9-17(13)23-18(25)10-22-19(26)12-24(2)11-14-6-3-4-8-16(14)21/h3-9H,10-12H2,1-2H3,(H,22,26)(H,23,25)/p+1. The Morgan fingerprint density at radius 1 is 1.12 bits per heavy atom. The van der Waals surface area contributed by atoms with Crippen LogP contribution in [0.15, 0.2) is 42.5 Å². The van der Waals surface area contributed by atoms with E-state index in [1.54, 1.807) is 50.4 Å². The summed E-state index contributed by atoms with van der Waals surface area (Å²) in [6, 6.07) is 11.7. The summed E-state index contributed by atoms with van der Waals surface area (Å²) >= 11 is 6.01. The molecule has 0 heterocycles. The number of quaternary nitrogens is 1. The van der Waals surface area contributed by atoms with Gasteiger partial charge in [-0.05, 0) is 30.7 Å². The van der Waals surface area contributed by atoms with Gasteiger partial charge in [-0.25, -0.2) is 4.39 Å². The van der Waals surface area contributed by atoms with Gasteiger partial charge in [-0.3, -0.25) is 9.59 Å². The Labute approximate surface area is 157 Å². The lowest BCUT2D eigenvalue weighted by molar-refractivity contribution is -0.885. The molecule has 7 heteroatoms. The van der Waals surface area contributed by atoms with Crippen LogP contribution in [0.25, 0.3) is 0 Å².